The fraction of sp³-hybridized carbons (Fsp3) is 0.467. The first-order chi connectivity index (χ1) is 9.82. The van der Waals surface area contributed by atoms with E-state index in [1.165, 1.54) is 7.11 Å². The van der Waals surface area contributed by atoms with Crippen molar-refractivity contribution in [1.29, 1.82) is 0 Å². The Balaban J connectivity index is 2.80. The van der Waals surface area contributed by atoms with E-state index in [4.69, 9.17) is 16.3 Å². The molecule has 0 fully saturated rings. The van der Waals surface area contributed by atoms with Crippen molar-refractivity contribution in [2.75, 3.05) is 19.0 Å². The van der Waals surface area contributed by atoms with Gasteiger partial charge in [0.2, 0.25) is 11.8 Å². The summed E-state index contributed by atoms with van der Waals surface area (Å²) in [6.45, 7) is 5.66. The summed E-state index contributed by atoms with van der Waals surface area (Å²) in [6.07, 6.45) is 0.817. The molecule has 2 N–H and O–H groups in total. The number of anilines is 1. The van der Waals surface area contributed by atoms with Crippen LogP contribution in [0.2, 0.25) is 5.02 Å². The minimum Gasteiger partial charge on any atom is -0.495 e. The lowest BCUT2D eigenvalue weighted by Crippen LogP contribution is -2.45. The van der Waals surface area contributed by atoms with E-state index in [2.05, 4.69) is 10.6 Å². The van der Waals surface area contributed by atoms with Gasteiger partial charge < -0.3 is 15.4 Å². The summed E-state index contributed by atoms with van der Waals surface area (Å²) < 4.78 is 5.05. The fourth-order valence-corrected chi connectivity index (χ4v) is 1.85. The van der Waals surface area contributed by atoms with Crippen LogP contribution in [0, 0.1) is 5.41 Å². The number of hydrogen-bond donors (Lipinski definition) is 2. The number of benzene rings is 1. The number of nitrogens with one attached hydrogen (secondary N) is 2. The van der Waals surface area contributed by atoms with Crippen LogP contribution in [0.15, 0.2) is 18.2 Å². The maximum absolute atomic E-state index is 12.3. The number of amides is 2. The highest BCUT2D eigenvalue weighted by Gasteiger charge is 2.35. The third-order valence-electron chi connectivity index (χ3n) is 3.08. The maximum atomic E-state index is 12.3. The standard InChI is InChI=1S/C15H21ClN2O3/c1-5-8-17-13(19)15(2,3)14(20)18-10-6-7-12(21-4)11(16)9-10/h6-7,9H,5,8H2,1-4H3,(H,17,19)(H,18,20). The SMILES string of the molecule is CCCNC(=O)C(C)(C)C(=O)Nc1ccc(OC)c(Cl)c1. The summed E-state index contributed by atoms with van der Waals surface area (Å²) in [5.74, 6) is -0.173. The molecule has 1 rings (SSSR count). The highest BCUT2D eigenvalue weighted by molar-refractivity contribution is 6.32. The second-order valence-electron chi connectivity index (χ2n) is 5.18. The quantitative estimate of drug-likeness (QED) is 0.794. The van der Waals surface area contributed by atoms with Crippen molar-refractivity contribution < 1.29 is 14.3 Å². The summed E-state index contributed by atoms with van der Waals surface area (Å²) in [5, 5.41) is 5.81. The van der Waals surface area contributed by atoms with Crippen molar-refractivity contribution in [3.8, 4) is 5.75 Å². The molecule has 2 amide bonds. The van der Waals surface area contributed by atoms with Gasteiger partial charge in [0.25, 0.3) is 0 Å². The summed E-state index contributed by atoms with van der Waals surface area (Å²) in [7, 11) is 1.51. The lowest BCUT2D eigenvalue weighted by Gasteiger charge is -2.22. The van der Waals surface area contributed by atoms with Gasteiger partial charge in [-0.1, -0.05) is 18.5 Å². The van der Waals surface area contributed by atoms with Gasteiger partial charge in [0.05, 0.1) is 12.1 Å². The second-order valence-corrected chi connectivity index (χ2v) is 5.59. The Bertz CT molecular complexity index is 530. The molecule has 0 aromatic heterocycles. The average molecular weight is 313 g/mol. The van der Waals surface area contributed by atoms with E-state index in [0.717, 1.165) is 6.42 Å². The van der Waals surface area contributed by atoms with Crippen LogP contribution in [0.3, 0.4) is 0 Å². The summed E-state index contributed by atoms with van der Waals surface area (Å²) in [4.78, 5) is 24.3. The first kappa shape index (κ1) is 17.3. The maximum Gasteiger partial charge on any atom is 0.239 e. The van der Waals surface area contributed by atoms with Crippen molar-refractivity contribution in [1.82, 2.24) is 5.32 Å². The Morgan fingerprint density at radius 2 is 1.95 bits per heavy atom. The van der Waals surface area contributed by atoms with Crippen LogP contribution >= 0.6 is 11.6 Å². The molecule has 0 aliphatic rings. The van der Waals surface area contributed by atoms with Gasteiger partial charge in [-0.15, -0.1) is 0 Å². The molecular weight excluding hydrogens is 292 g/mol. The van der Waals surface area contributed by atoms with E-state index in [1.54, 1.807) is 32.0 Å². The number of carbonyl (C=O) groups excluding carboxylic acids is 2. The van der Waals surface area contributed by atoms with E-state index < -0.39 is 11.3 Å². The number of hydrogen-bond acceptors (Lipinski definition) is 3. The Kier molecular flexibility index (Phi) is 6.03. The molecule has 1 aromatic carbocycles. The number of ether oxygens (including phenoxy) is 1. The second kappa shape index (κ2) is 7.31. The first-order valence-electron chi connectivity index (χ1n) is 6.76. The van der Waals surface area contributed by atoms with E-state index in [-0.39, 0.29) is 5.91 Å². The summed E-state index contributed by atoms with van der Waals surface area (Å²) in [6, 6.07) is 4.91. The zero-order chi connectivity index (χ0) is 16.0. The molecule has 0 heterocycles. The van der Waals surface area contributed by atoms with Crippen molar-refractivity contribution in [3.63, 3.8) is 0 Å². The molecular formula is C15H21ClN2O3. The lowest BCUT2D eigenvalue weighted by atomic mass is 9.91. The molecule has 0 unspecified atom stereocenters. The van der Waals surface area contributed by atoms with Crippen molar-refractivity contribution >= 4 is 29.1 Å². The molecule has 6 heteroatoms. The predicted octanol–water partition coefficient (Wildman–Crippen LogP) is 2.84. The molecule has 0 saturated carbocycles. The summed E-state index contributed by atoms with van der Waals surface area (Å²) >= 11 is 6.00. The smallest absolute Gasteiger partial charge is 0.239 e. The fourth-order valence-electron chi connectivity index (χ4n) is 1.59. The van der Waals surface area contributed by atoms with Crippen LogP contribution in [0.1, 0.15) is 27.2 Å². The van der Waals surface area contributed by atoms with Gasteiger partial charge in [0.15, 0.2) is 0 Å². The van der Waals surface area contributed by atoms with E-state index >= 15 is 0 Å². The Hall–Kier alpha value is -1.75. The molecule has 0 bridgehead atoms. The van der Waals surface area contributed by atoms with E-state index in [1.807, 2.05) is 6.92 Å². The van der Waals surface area contributed by atoms with E-state index in [0.29, 0.717) is 23.0 Å². The van der Waals surface area contributed by atoms with Crippen molar-refractivity contribution in [3.05, 3.63) is 23.2 Å². The zero-order valence-electron chi connectivity index (χ0n) is 12.7. The van der Waals surface area contributed by atoms with Crippen molar-refractivity contribution in [2.45, 2.75) is 27.2 Å². The lowest BCUT2D eigenvalue weighted by molar-refractivity contribution is -0.138. The van der Waals surface area contributed by atoms with Gasteiger partial charge in [-0.05, 0) is 38.5 Å². The molecule has 0 spiro atoms. The molecule has 21 heavy (non-hydrogen) atoms. The van der Waals surface area contributed by atoms with Crippen LogP contribution in [0.25, 0.3) is 0 Å². The van der Waals surface area contributed by atoms with Gasteiger partial charge in [-0.2, -0.15) is 0 Å². The first-order valence-corrected chi connectivity index (χ1v) is 7.14. The number of methoxy groups -OCH3 is 1. The molecule has 0 aliphatic carbocycles. The number of rotatable bonds is 6. The van der Waals surface area contributed by atoms with Crippen LogP contribution in [-0.2, 0) is 9.59 Å². The van der Waals surface area contributed by atoms with Gasteiger partial charge in [0.1, 0.15) is 11.2 Å². The predicted molar refractivity (Wildman–Crippen MR) is 83.7 cm³/mol. The number of halogens is 1. The normalized spacial score (nSPS) is 10.9. The summed E-state index contributed by atoms with van der Waals surface area (Å²) in [5.41, 5.74) is -0.649. The third kappa shape index (κ3) is 4.36. The van der Waals surface area contributed by atoms with Gasteiger partial charge in [0, 0.05) is 12.2 Å². The molecule has 0 aliphatic heterocycles. The Morgan fingerprint density at radius 1 is 1.29 bits per heavy atom. The Labute approximate surface area is 130 Å². The van der Waals surface area contributed by atoms with Crippen LogP contribution in [0.5, 0.6) is 5.75 Å². The van der Waals surface area contributed by atoms with Gasteiger partial charge in [-0.25, -0.2) is 0 Å². The van der Waals surface area contributed by atoms with Gasteiger partial charge in [-0.3, -0.25) is 9.59 Å². The van der Waals surface area contributed by atoms with Crippen LogP contribution < -0.4 is 15.4 Å². The molecule has 1 aromatic rings. The minimum atomic E-state index is -1.17. The average Bonchev–Trinajstić information content (AvgIpc) is 2.44. The van der Waals surface area contributed by atoms with Crippen LogP contribution in [-0.4, -0.2) is 25.5 Å². The minimum absolute atomic E-state index is 0.304. The highest BCUT2D eigenvalue weighted by Crippen LogP contribution is 2.28. The monoisotopic (exact) mass is 312 g/mol. The third-order valence-corrected chi connectivity index (χ3v) is 3.38. The largest absolute Gasteiger partial charge is 0.495 e. The zero-order valence-corrected chi connectivity index (χ0v) is 13.5. The molecule has 0 atom stereocenters. The number of carbonyl (C=O) groups is 2. The molecule has 116 valence electrons. The van der Waals surface area contributed by atoms with Crippen molar-refractivity contribution in [2.24, 2.45) is 5.41 Å². The van der Waals surface area contributed by atoms with Gasteiger partial charge >= 0.3 is 0 Å². The molecule has 5 nitrogen and oxygen atoms in total. The van der Waals surface area contributed by atoms with E-state index in [9.17, 15) is 9.59 Å². The van der Waals surface area contributed by atoms with Crippen LogP contribution in [0.4, 0.5) is 5.69 Å². The topological polar surface area (TPSA) is 67.4 Å². The molecule has 0 saturated heterocycles. The molecule has 0 radical (unpaired) electrons. The Morgan fingerprint density at radius 3 is 2.48 bits per heavy atom. The highest BCUT2D eigenvalue weighted by atomic mass is 35.5.